The molecule has 2 aromatic heterocycles. The lowest BCUT2D eigenvalue weighted by Gasteiger charge is -2.03. The van der Waals surface area contributed by atoms with E-state index in [9.17, 15) is 4.39 Å². The molecule has 0 aliphatic heterocycles. The van der Waals surface area contributed by atoms with Crippen molar-refractivity contribution in [3.05, 3.63) is 65.1 Å². The third-order valence-corrected chi connectivity index (χ3v) is 4.44. The van der Waals surface area contributed by atoms with Crippen LogP contribution in [0, 0.1) is 26.6 Å². The summed E-state index contributed by atoms with van der Waals surface area (Å²) < 4.78 is 21.0. The zero-order valence-corrected chi connectivity index (χ0v) is 14.2. The SMILES string of the molecule is Cc1cc2ncn(Cc3nc(-c4ccc(C)c(F)c4)no3)c2cc1C. The van der Waals surface area contributed by atoms with Crippen molar-refractivity contribution in [2.45, 2.75) is 27.3 Å². The molecule has 0 aliphatic rings. The second-order valence-electron chi connectivity index (χ2n) is 6.27. The van der Waals surface area contributed by atoms with Gasteiger partial charge >= 0.3 is 0 Å². The Labute approximate surface area is 144 Å². The quantitative estimate of drug-likeness (QED) is 0.563. The van der Waals surface area contributed by atoms with Crippen LogP contribution >= 0.6 is 0 Å². The molecule has 2 aromatic carbocycles. The monoisotopic (exact) mass is 336 g/mol. The molecular formula is C19H17FN4O. The van der Waals surface area contributed by atoms with Gasteiger partial charge in [-0.2, -0.15) is 4.98 Å². The number of imidazole rings is 1. The summed E-state index contributed by atoms with van der Waals surface area (Å²) in [7, 11) is 0. The number of fused-ring (bicyclic) bond motifs is 1. The first-order valence-corrected chi connectivity index (χ1v) is 8.02. The molecule has 0 radical (unpaired) electrons. The average Bonchev–Trinajstić information content (AvgIpc) is 3.19. The molecule has 4 aromatic rings. The maximum atomic E-state index is 13.7. The first-order chi connectivity index (χ1) is 12.0. The predicted octanol–water partition coefficient (Wildman–Crippen LogP) is 4.20. The highest BCUT2D eigenvalue weighted by atomic mass is 19.1. The van der Waals surface area contributed by atoms with Crippen LogP contribution < -0.4 is 0 Å². The minimum atomic E-state index is -0.282. The van der Waals surface area contributed by atoms with Gasteiger partial charge in [0.1, 0.15) is 12.4 Å². The Morgan fingerprint density at radius 2 is 1.84 bits per heavy atom. The third kappa shape index (κ3) is 2.80. The van der Waals surface area contributed by atoms with E-state index in [1.54, 1.807) is 25.4 Å². The van der Waals surface area contributed by atoms with Crippen LogP contribution in [0.3, 0.4) is 0 Å². The van der Waals surface area contributed by atoms with E-state index in [0.29, 0.717) is 29.4 Å². The van der Waals surface area contributed by atoms with Crippen LogP contribution in [0.4, 0.5) is 4.39 Å². The largest absolute Gasteiger partial charge is 0.337 e. The van der Waals surface area contributed by atoms with Crippen molar-refractivity contribution in [2.24, 2.45) is 0 Å². The number of aryl methyl sites for hydroxylation is 3. The second kappa shape index (κ2) is 5.81. The van der Waals surface area contributed by atoms with Gasteiger partial charge in [0.25, 0.3) is 0 Å². The number of nitrogens with zero attached hydrogens (tertiary/aromatic N) is 4. The fraction of sp³-hybridized carbons (Fsp3) is 0.211. The van der Waals surface area contributed by atoms with Crippen molar-refractivity contribution in [1.29, 1.82) is 0 Å². The maximum absolute atomic E-state index is 13.7. The third-order valence-electron chi connectivity index (χ3n) is 4.44. The summed E-state index contributed by atoms with van der Waals surface area (Å²) in [5.74, 6) is 0.550. The van der Waals surface area contributed by atoms with Crippen molar-refractivity contribution in [3.8, 4) is 11.4 Å². The summed E-state index contributed by atoms with van der Waals surface area (Å²) in [6.07, 6.45) is 1.76. The molecule has 5 nitrogen and oxygen atoms in total. The highest BCUT2D eigenvalue weighted by Crippen LogP contribution is 2.21. The Kier molecular flexibility index (Phi) is 3.60. The fourth-order valence-corrected chi connectivity index (χ4v) is 2.75. The molecule has 126 valence electrons. The minimum absolute atomic E-state index is 0.282. The Morgan fingerprint density at radius 3 is 2.64 bits per heavy atom. The molecule has 0 spiro atoms. The normalized spacial score (nSPS) is 11.4. The molecule has 0 aliphatic carbocycles. The van der Waals surface area contributed by atoms with Crippen molar-refractivity contribution in [1.82, 2.24) is 19.7 Å². The topological polar surface area (TPSA) is 56.7 Å². The standard InChI is InChI=1S/C19H17FN4O/c1-11-4-5-14(8-15(11)20)19-22-18(25-23-19)9-24-10-21-16-6-12(2)13(3)7-17(16)24/h4-8,10H,9H2,1-3H3. The zero-order valence-electron chi connectivity index (χ0n) is 14.2. The van der Waals surface area contributed by atoms with Crippen molar-refractivity contribution in [3.63, 3.8) is 0 Å². The van der Waals surface area contributed by atoms with Crippen LogP contribution in [0.2, 0.25) is 0 Å². The molecular weight excluding hydrogens is 319 g/mol. The van der Waals surface area contributed by atoms with E-state index in [0.717, 1.165) is 11.0 Å². The molecule has 0 fully saturated rings. The lowest BCUT2D eigenvalue weighted by Crippen LogP contribution is -1.98. The number of aromatic nitrogens is 4. The van der Waals surface area contributed by atoms with E-state index in [1.165, 1.54) is 17.2 Å². The van der Waals surface area contributed by atoms with E-state index >= 15 is 0 Å². The van der Waals surface area contributed by atoms with Gasteiger partial charge in [-0.15, -0.1) is 0 Å². The molecule has 6 heteroatoms. The molecule has 0 unspecified atom stereocenters. The first kappa shape index (κ1) is 15.5. The molecule has 25 heavy (non-hydrogen) atoms. The average molecular weight is 336 g/mol. The maximum Gasteiger partial charge on any atom is 0.246 e. The zero-order chi connectivity index (χ0) is 17.6. The van der Waals surface area contributed by atoms with Gasteiger partial charge in [-0.25, -0.2) is 9.37 Å². The molecule has 0 N–H and O–H groups in total. The van der Waals surface area contributed by atoms with Gasteiger partial charge in [0, 0.05) is 5.56 Å². The van der Waals surface area contributed by atoms with Crippen LogP contribution in [-0.4, -0.2) is 19.7 Å². The first-order valence-electron chi connectivity index (χ1n) is 8.02. The van der Waals surface area contributed by atoms with Crippen LogP contribution in [0.15, 0.2) is 41.2 Å². The van der Waals surface area contributed by atoms with Gasteiger partial charge < -0.3 is 9.09 Å². The Hall–Kier alpha value is -3.02. The van der Waals surface area contributed by atoms with Crippen molar-refractivity contribution >= 4 is 11.0 Å². The number of halogens is 1. The van der Waals surface area contributed by atoms with E-state index in [2.05, 4.69) is 41.1 Å². The van der Waals surface area contributed by atoms with Gasteiger partial charge in [0.05, 0.1) is 17.4 Å². The smallest absolute Gasteiger partial charge is 0.246 e. The van der Waals surface area contributed by atoms with Gasteiger partial charge in [-0.05, 0) is 55.7 Å². The number of benzene rings is 2. The van der Waals surface area contributed by atoms with Gasteiger partial charge in [-0.3, -0.25) is 0 Å². The summed E-state index contributed by atoms with van der Waals surface area (Å²) in [4.78, 5) is 8.81. The lowest BCUT2D eigenvalue weighted by molar-refractivity contribution is 0.372. The van der Waals surface area contributed by atoms with Crippen LogP contribution in [0.1, 0.15) is 22.6 Å². The second-order valence-corrected chi connectivity index (χ2v) is 6.27. The van der Waals surface area contributed by atoms with E-state index in [-0.39, 0.29) is 5.82 Å². The molecule has 0 atom stereocenters. The van der Waals surface area contributed by atoms with Crippen LogP contribution in [0.5, 0.6) is 0 Å². The summed E-state index contributed by atoms with van der Waals surface area (Å²) >= 11 is 0. The van der Waals surface area contributed by atoms with Crippen molar-refractivity contribution in [2.75, 3.05) is 0 Å². The summed E-state index contributed by atoms with van der Waals surface area (Å²) in [6, 6.07) is 9.07. The molecule has 4 rings (SSSR count). The molecule has 0 amide bonds. The Bertz CT molecular complexity index is 1080. The number of hydrogen-bond donors (Lipinski definition) is 0. The summed E-state index contributed by atoms with van der Waals surface area (Å²) in [5.41, 5.74) is 5.55. The molecule has 0 bridgehead atoms. The number of rotatable bonds is 3. The van der Waals surface area contributed by atoms with E-state index in [1.807, 2.05) is 4.57 Å². The highest BCUT2D eigenvalue weighted by molar-refractivity contribution is 5.77. The highest BCUT2D eigenvalue weighted by Gasteiger charge is 2.12. The minimum Gasteiger partial charge on any atom is -0.337 e. The fourth-order valence-electron chi connectivity index (χ4n) is 2.75. The van der Waals surface area contributed by atoms with Crippen LogP contribution in [-0.2, 0) is 6.54 Å². The van der Waals surface area contributed by atoms with E-state index < -0.39 is 0 Å². The molecule has 0 saturated heterocycles. The summed E-state index contributed by atoms with van der Waals surface area (Å²) in [6.45, 7) is 6.27. The van der Waals surface area contributed by atoms with Gasteiger partial charge in [0.15, 0.2) is 0 Å². The summed E-state index contributed by atoms with van der Waals surface area (Å²) in [5, 5.41) is 3.96. The van der Waals surface area contributed by atoms with Crippen LogP contribution in [0.25, 0.3) is 22.4 Å². The van der Waals surface area contributed by atoms with Crippen molar-refractivity contribution < 1.29 is 8.91 Å². The lowest BCUT2D eigenvalue weighted by atomic mass is 10.1. The van der Waals surface area contributed by atoms with Gasteiger partial charge in [-0.1, -0.05) is 17.3 Å². The van der Waals surface area contributed by atoms with Gasteiger partial charge in [0.2, 0.25) is 11.7 Å². The molecule has 0 saturated carbocycles. The Morgan fingerprint density at radius 1 is 1.04 bits per heavy atom. The predicted molar refractivity (Wildman–Crippen MR) is 92.7 cm³/mol. The number of hydrogen-bond acceptors (Lipinski definition) is 4. The molecule has 2 heterocycles. The Balaban J connectivity index is 1.65. The van der Waals surface area contributed by atoms with E-state index in [4.69, 9.17) is 4.52 Å².